The van der Waals surface area contributed by atoms with E-state index in [0.717, 1.165) is 75.4 Å². The van der Waals surface area contributed by atoms with Crippen molar-refractivity contribution in [2.75, 3.05) is 52.5 Å². The maximum Gasteiger partial charge on any atom is 0.235 e. The molecule has 4 aliphatic heterocycles. The highest BCUT2D eigenvalue weighted by Crippen LogP contribution is 2.44. The summed E-state index contributed by atoms with van der Waals surface area (Å²) in [6, 6.07) is 12.4. The normalized spacial score (nSPS) is 25.6. The zero-order valence-electron chi connectivity index (χ0n) is 19.7. The summed E-state index contributed by atoms with van der Waals surface area (Å²) in [5, 5.41) is 2.54. The molecule has 4 saturated heterocycles. The van der Waals surface area contributed by atoms with Crippen LogP contribution in [0.25, 0.3) is 21.9 Å². The van der Waals surface area contributed by atoms with Crippen LogP contribution in [0.5, 0.6) is 0 Å². The number of ether oxygens (including phenoxy) is 1. The lowest BCUT2D eigenvalue weighted by Gasteiger charge is -2.49. The van der Waals surface area contributed by atoms with E-state index in [1.165, 1.54) is 33.4 Å². The van der Waals surface area contributed by atoms with E-state index in [0.29, 0.717) is 11.5 Å². The molecule has 0 unspecified atom stereocenters. The second kappa shape index (κ2) is 8.15. The molecule has 0 atom stereocenters. The number of aromatic nitrogens is 1. The molecule has 0 saturated carbocycles. The molecule has 4 nitrogen and oxygen atoms in total. The Bertz CT molecular complexity index is 1200. The Hall–Kier alpha value is -2.34. The third-order valence-corrected chi connectivity index (χ3v) is 8.20. The van der Waals surface area contributed by atoms with E-state index in [2.05, 4.69) is 30.0 Å². The minimum atomic E-state index is -0.152. The van der Waals surface area contributed by atoms with Gasteiger partial charge in [-0.25, -0.2) is 4.39 Å². The topological polar surface area (TPSA) is 25.4 Å². The summed E-state index contributed by atoms with van der Waals surface area (Å²) in [5.41, 5.74) is 5.41. The second-order valence-electron chi connectivity index (χ2n) is 10.3. The molecule has 33 heavy (non-hydrogen) atoms. The lowest BCUT2D eigenvalue weighted by molar-refractivity contribution is 0.0659. The highest BCUT2D eigenvalue weighted by atomic mass is 19.1. The average Bonchev–Trinajstić information content (AvgIpc) is 2.86. The molecule has 4 fully saturated rings. The first kappa shape index (κ1) is 21.2. The highest BCUT2D eigenvalue weighted by molar-refractivity contribution is 6.03. The molecule has 0 amide bonds. The zero-order valence-corrected chi connectivity index (χ0v) is 19.7. The van der Waals surface area contributed by atoms with E-state index in [-0.39, 0.29) is 5.82 Å². The van der Waals surface area contributed by atoms with E-state index < -0.39 is 0 Å². The molecule has 5 heterocycles. The predicted octanol–water partition coefficient (Wildman–Crippen LogP) is 5.19. The fourth-order valence-corrected chi connectivity index (χ4v) is 6.15. The van der Waals surface area contributed by atoms with Crippen molar-refractivity contribution in [2.45, 2.75) is 32.6 Å². The summed E-state index contributed by atoms with van der Waals surface area (Å²) >= 11 is 0. The van der Waals surface area contributed by atoms with E-state index >= 15 is 0 Å². The van der Waals surface area contributed by atoms with Gasteiger partial charge in [-0.15, -0.1) is 0 Å². The number of nitrogens with zero attached hydrogens (tertiary/aromatic N) is 3. The molecule has 7 rings (SSSR count). The third-order valence-electron chi connectivity index (χ3n) is 8.20. The first-order valence-electron chi connectivity index (χ1n) is 12.4. The fourth-order valence-electron chi connectivity index (χ4n) is 6.15. The third kappa shape index (κ3) is 3.58. The number of fused-ring (bicyclic) bond motifs is 4. The maximum absolute atomic E-state index is 14.2. The van der Waals surface area contributed by atoms with Gasteiger partial charge >= 0.3 is 0 Å². The first-order valence-corrected chi connectivity index (χ1v) is 12.4. The van der Waals surface area contributed by atoms with Gasteiger partial charge in [0.05, 0.1) is 30.7 Å². The highest BCUT2D eigenvalue weighted by Gasteiger charge is 2.43. The molecule has 3 aromatic rings. The van der Waals surface area contributed by atoms with Crippen molar-refractivity contribution in [1.82, 2.24) is 14.4 Å². The Balaban J connectivity index is 1.65. The van der Waals surface area contributed by atoms with Gasteiger partial charge in [0, 0.05) is 44.3 Å². The van der Waals surface area contributed by atoms with Gasteiger partial charge in [-0.3, -0.25) is 9.38 Å². The van der Waals surface area contributed by atoms with Gasteiger partial charge in [0.2, 0.25) is 5.82 Å². The molecule has 2 bridgehead atoms. The summed E-state index contributed by atoms with van der Waals surface area (Å²) in [4.78, 5) is 8.18. The number of hydrogen-bond acceptors (Lipinski definition) is 3. The number of quaternary nitrogens is 1. The summed E-state index contributed by atoms with van der Waals surface area (Å²) in [7, 11) is 0. The molecule has 4 aliphatic rings. The SMILES string of the molecule is Cc1ccc2c(-c3ccc(F)c(C)c3)c(C3CCOCC3)nc([N+]34CCN(CC3)CC4)c2c1. The number of hydrogen-bond donors (Lipinski definition) is 0. The van der Waals surface area contributed by atoms with Crippen LogP contribution in [-0.4, -0.2) is 62.4 Å². The summed E-state index contributed by atoms with van der Waals surface area (Å²) in [6.07, 6.45) is 1.98. The minimum Gasteiger partial charge on any atom is -0.381 e. The van der Waals surface area contributed by atoms with Crippen LogP contribution in [0.4, 0.5) is 10.2 Å². The van der Waals surface area contributed by atoms with Gasteiger partial charge in [-0.05, 0) is 61.4 Å². The number of halogens is 1. The Kier molecular flexibility index (Phi) is 5.24. The Labute approximate surface area is 195 Å². The first-order chi connectivity index (χ1) is 16.0. The van der Waals surface area contributed by atoms with Gasteiger partial charge in [-0.1, -0.05) is 23.8 Å². The fraction of sp³-hybridized carbons (Fsp3) is 0.464. The Morgan fingerprint density at radius 2 is 1.67 bits per heavy atom. The molecule has 0 aliphatic carbocycles. The van der Waals surface area contributed by atoms with Crippen molar-refractivity contribution < 1.29 is 9.13 Å². The van der Waals surface area contributed by atoms with E-state index in [1.54, 1.807) is 6.07 Å². The Morgan fingerprint density at radius 3 is 2.36 bits per heavy atom. The number of benzene rings is 2. The number of piperazine rings is 3. The molecule has 1 aromatic heterocycles. The van der Waals surface area contributed by atoms with Crippen molar-refractivity contribution in [1.29, 1.82) is 0 Å². The molecule has 0 radical (unpaired) electrons. The van der Waals surface area contributed by atoms with Crippen molar-refractivity contribution >= 4 is 16.6 Å². The molecule has 5 heteroatoms. The van der Waals surface area contributed by atoms with Crippen LogP contribution in [0.3, 0.4) is 0 Å². The van der Waals surface area contributed by atoms with Crippen molar-refractivity contribution in [2.24, 2.45) is 0 Å². The molecule has 0 N–H and O–H groups in total. The summed E-state index contributed by atoms with van der Waals surface area (Å²) < 4.78 is 20.9. The number of pyridine rings is 1. The average molecular weight is 447 g/mol. The van der Waals surface area contributed by atoms with Crippen LogP contribution >= 0.6 is 0 Å². The van der Waals surface area contributed by atoms with Crippen LogP contribution in [0, 0.1) is 19.7 Å². The lowest BCUT2D eigenvalue weighted by Crippen LogP contribution is -2.68. The standard InChI is InChI=1S/C28H33FN3O/c1-19-3-5-23-24(17-19)28(32-12-9-31(10-13-32)11-14-32)30-27(21-7-15-33-16-8-21)26(23)22-4-6-25(29)20(2)18-22/h3-6,17-18,21H,7-16H2,1-2H3/q+1. The van der Waals surface area contributed by atoms with Crippen LogP contribution in [-0.2, 0) is 4.74 Å². The van der Waals surface area contributed by atoms with Crippen LogP contribution in [0.1, 0.15) is 35.6 Å². The van der Waals surface area contributed by atoms with E-state index in [1.807, 2.05) is 19.1 Å². The quantitative estimate of drug-likeness (QED) is 0.518. The van der Waals surface area contributed by atoms with Crippen LogP contribution in [0.15, 0.2) is 36.4 Å². The van der Waals surface area contributed by atoms with Crippen LogP contribution in [0.2, 0.25) is 0 Å². The zero-order chi connectivity index (χ0) is 22.6. The van der Waals surface area contributed by atoms with Gasteiger partial charge in [0.1, 0.15) is 5.82 Å². The molecular weight excluding hydrogens is 413 g/mol. The molecule has 2 aromatic carbocycles. The largest absolute Gasteiger partial charge is 0.381 e. The molecule has 172 valence electrons. The number of rotatable bonds is 3. The number of aryl methyl sites for hydroxylation is 2. The molecular formula is C28H33FN3O+. The lowest BCUT2D eigenvalue weighted by atomic mass is 9.86. The summed E-state index contributed by atoms with van der Waals surface area (Å²) in [6.45, 7) is 12.5. The minimum absolute atomic E-state index is 0.152. The van der Waals surface area contributed by atoms with Crippen molar-refractivity contribution in [3.63, 3.8) is 0 Å². The second-order valence-corrected chi connectivity index (χ2v) is 10.3. The van der Waals surface area contributed by atoms with Crippen molar-refractivity contribution in [3.05, 3.63) is 59.0 Å². The van der Waals surface area contributed by atoms with Crippen LogP contribution < -0.4 is 4.48 Å². The van der Waals surface area contributed by atoms with E-state index in [4.69, 9.17) is 9.72 Å². The van der Waals surface area contributed by atoms with Gasteiger partial charge in [-0.2, -0.15) is 4.98 Å². The van der Waals surface area contributed by atoms with Gasteiger partial charge < -0.3 is 4.74 Å². The summed E-state index contributed by atoms with van der Waals surface area (Å²) in [5.74, 6) is 1.48. The monoisotopic (exact) mass is 446 g/mol. The maximum atomic E-state index is 14.2. The molecule has 0 spiro atoms. The Morgan fingerprint density at radius 1 is 0.939 bits per heavy atom. The van der Waals surface area contributed by atoms with E-state index in [9.17, 15) is 4.39 Å². The van der Waals surface area contributed by atoms with Crippen molar-refractivity contribution in [3.8, 4) is 11.1 Å². The smallest absolute Gasteiger partial charge is 0.235 e. The van der Waals surface area contributed by atoms with Gasteiger partial charge in [0.15, 0.2) is 0 Å². The predicted molar refractivity (Wildman–Crippen MR) is 132 cm³/mol. The van der Waals surface area contributed by atoms with Gasteiger partial charge in [0.25, 0.3) is 0 Å².